The quantitative estimate of drug-likeness (QED) is 0.565. The molecule has 0 aromatic heterocycles. The summed E-state index contributed by atoms with van der Waals surface area (Å²) in [5, 5.41) is 0. The van der Waals surface area contributed by atoms with Crippen LogP contribution in [0.1, 0.15) is 6.42 Å². The zero-order valence-corrected chi connectivity index (χ0v) is 8.23. The summed E-state index contributed by atoms with van der Waals surface area (Å²) in [5.74, 6) is 0. The number of rotatable bonds is 6. The molecule has 0 aliphatic carbocycles. The summed E-state index contributed by atoms with van der Waals surface area (Å²) >= 11 is 0. The van der Waals surface area contributed by atoms with E-state index in [9.17, 15) is 8.42 Å². The Morgan fingerprint density at radius 1 is 1.58 bits per heavy atom. The summed E-state index contributed by atoms with van der Waals surface area (Å²) in [6.45, 7) is 0.792. The first-order chi connectivity index (χ1) is 5.49. The Kier molecular flexibility index (Phi) is 5.39. The van der Waals surface area contributed by atoms with Crippen LogP contribution in [0.3, 0.4) is 0 Å². The molecule has 1 atom stereocenters. The fraction of sp³-hybridized carbons (Fsp3) is 1.00. The molecule has 0 amide bonds. The number of hydrogen-bond acceptors (Lipinski definition) is 4. The van der Waals surface area contributed by atoms with Gasteiger partial charge in [-0.15, -0.1) is 0 Å². The molecule has 0 bridgehead atoms. The minimum Gasteiger partial charge on any atom is -0.383 e. The van der Waals surface area contributed by atoms with E-state index in [1.165, 1.54) is 7.11 Å². The van der Waals surface area contributed by atoms with E-state index in [1.54, 1.807) is 0 Å². The van der Waals surface area contributed by atoms with Crippen LogP contribution in [-0.4, -0.2) is 41.0 Å². The van der Waals surface area contributed by atoms with Crippen molar-refractivity contribution in [3.63, 3.8) is 0 Å². The summed E-state index contributed by atoms with van der Waals surface area (Å²) < 4.78 is 28.8. The Balaban J connectivity index is 3.95. The molecule has 0 spiro atoms. The lowest BCUT2D eigenvalue weighted by Crippen LogP contribution is -2.38. The van der Waals surface area contributed by atoms with E-state index in [1.807, 2.05) is 0 Å². The zero-order chi connectivity index (χ0) is 9.61. The number of sulfonamides is 1. The van der Waals surface area contributed by atoms with Gasteiger partial charge >= 0.3 is 0 Å². The van der Waals surface area contributed by atoms with Crippen molar-refractivity contribution in [2.45, 2.75) is 12.5 Å². The van der Waals surface area contributed by atoms with Gasteiger partial charge in [0.2, 0.25) is 10.0 Å². The van der Waals surface area contributed by atoms with Crippen LogP contribution in [0.25, 0.3) is 0 Å². The van der Waals surface area contributed by atoms with Crippen LogP contribution in [0.4, 0.5) is 0 Å². The molecule has 5 nitrogen and oxygen atoms in total. The molecule has 0 radical (unpaired) electrons. The first-order valence-electron chi connectivity index (χ1n) is 3.66. The molecular weight excluding hydrogens is 180 g/mol. The number of nitrogens with two attached hydrogens (primary N) is 1. The van der Waals surface area contributed by atoms with Crippen LogP contribution in [-0.2, 0) is 14.8 Å². The topological polar surface area (TPSA) is 81.4 Å². The number of methoxy groups -OCH3 is 1. The summed E-state index contributed by atoms with van der Waals surface area (Å²) in [7, 11) is -1.63. The van der Waals surface area contributed by atoms with Crippen molar-refractivity contribution >= 4 is 10.0 Å². The predicted octanol–water partition coefficient (Wildman–Crippen LogP) is -1.10. The van der Waals surface area contributed by atoms with Gasteiger partial charge in [-0.05, 0) is 13.0 Å². The highest BCUT2D eigenvalue weighted by atomic mass is 32.2. The van der Waals surface area contributed by atoms with E-state index in [-0.39, 0.29) is 6.04 Å². The fourth-order valence-electron chi connectivity index (χ4n) is 0.881. The normalized spacial score (nSPS) is 14.6. The van der Waals surface area contributed by atoms with Crippen LogP contribution in [0, 0.1) is 0 Å². The van der Waals surface area contributed by atoms with Crippen LogP contribution in [0.2, 0.25) is 0 Å². The minimum atomic E-state index is -3.15. The van der Waals surface area contributed by atoms with E-state index < -0.39 is 10.0 Å². The molecule has 0 aromatic rings. The van der Waals surface area contributed by atoms with Gasteiger partial charge in [-0.1, -0.05) is 0 Å². The molecule has 3 N–H and O–H groups in total. The van der Waals surface area contributed by atoms with E-state index in [0.29, 0.717) is 19.6 Å². The lowest BCUT2D eigenvalue weighted by atomic mass is 10.2. The van der Waals surface area contributed by atoms with Crippen LogP contribution >= 0.6 is 0 Å². The van der Waals surface area contributed by atoms with Crippen molar-refractivity contribution in [2.75, 3.05) is 26.5 Å². The molecule has 0 saturated carbocycles. The third-order valence-corrected chi connectivity index (χ3v) is 2.03. The lowest BCUT2D eigenvalue weighted by Gasteiger charge is -2.14. The van der Waals surface area contributed by atoms with Gasteiger partial charge in [0.05, 0.1) is 12.9 Å². The van der Waals surface area contributed by atoms with E-state index in [0.717, 1.165) is 6.26 Å². The number of ether oxygens (including phenoxy) is 1. The fourth-order valence-corrected chi connectivity index (χ4v) is 1.67. The van der Waals surface area contributed by atoms with Crippen molar-refractivity contribution in [3.05, 3.63) is 0 Å². The van der Waals surface area contributed by atoms with Crippen LogP contribution in [0.5, 0.6) is 0 Å². The first kappa shape index (κ1) is 11.8. The van der Waals surface area contributed by atoms with Gasteiger partial charge < -0.3 is 10.5 Å². The number of nitrogens with one attached hydrogen (secondary N) is 1. The Labute approximate surface area is 73.3 Å². The van der Waals surface area contributed by atoms with E-state index >= 15 is 0 Å². The van der Waals surface area contributed by atoms with Crippen molar-refractivity contribution in [2.24, 2.45) is 5.73 Å². The van der Waals surface area contributed by atoms with Gasteiger partial charge in [0, 0.05) is 13.2 Å². The Hall–Kier alpha value is -0.170. The Morgan fingerprint density at radius 3 is 2.50 bits per heavy atom. The highest BCUT2D eigenvalue weighted by molar-refractivity contribution is 7.88. The molecule has 0 aliphatic heterocycles. The number of hydrogen-bond donors (Lipinski definition) is 2. The van der Waals surface area contributed by atoms with E-state index in [4.69, 9.17) is 10.5 Å². The zero-order valence-electron chi connectivity index (χ0n) is 7.41. The Bertz CT molecular complexity index is 197. The molecule has 74 valence electrons. The van der Waals surface area contributed by atoms with Crippen LogP contribution in [0.15, 0.2) is 0 Å². The molecule has 12 heavy (non-hydrogen) atoms. The van der Waals surface area contributed by atoms with Gasteiger partial charge in [-0.25, -0.2) is 13.1 Å². The van der Waals surface area contributed by atoms with E-state index in [2.05, 4.69) is 4.72 Å². The molecule has 0 rings (SSSR count). The summed E-state index contributed by atoms with van der Waals surface area (Å²) in [6.07, 6.45) is 1.70. The summed E-state index contributed by atoms with van der Waals surface area (Å²) in [6, 6.07) is -0.213. The van der Waals surface area contributed by atoms with Crippen molar-refractivity contribution < 1.29 is 13.2 Å². The largest absolute Gasteiger partial charge is 0.383 e. The molecule has 0 aliphatic rings. The van der Waals surface area contributed by atoms with Crippen molar-refractivity contribution in [3.8, 4) is 0 Å². The smallest absolute Gasteiger partial charge is 0.209 e. The van der Waals surface area contributed by atoms with Crippen molar-refractivity contribution in [1.82, 2.24) is 4.72 Å². The molecule has 0 saturated heterocycles. The maximum Gasteiger partial charge on any atom is 0.209 e. The lowest BCUT2D eigenvalue weighted by molar-refractivity contribution is 0.172. The molecule has 1 unspecified atom stereocenters. The van der Waals surface area contributed by atoms with Gasteiger partial charge in [0.15, 0.2) is 0 Å². The third-order valence-electron chi connectivity index (χ3n) is 1.26. The van der Waals surface area contributed by atoms with Crippen LogP contribution < -0.4 is 10.5 Å². The summed E-state index contributed by atoms with van der Waals surface area (Å²) in [5.41, 5.74) is 5.29. The minimum absolute atomic E-state index is 0.213. The summed E-state index contributed by atoms with van der Waals surface area (Å²) in [4.78, 5) is 0. The second-order valence-electron chi connectivity index (χ2n) is 2.62. The van der Waals surface area contributed by atoms with Gasteiger partial charge in [-0.2, -0.15) is 0 Å². The maximum atomic E-state index is 10.8. The maximum absolute atomic E-state index is 10.8. The van der Waals surface area contributed by atoms with Crippen molar-refractivity contribution in [1.29, 1.82) is 0 Å². The monoisotopic (exact) mass is 196 g/mol. The highest BCUT2D eigenvalue weighted by Crippen LogP contribution is 1.92. The molecule has 0 fully saturated rings. The van der Waals surface area contributed by atoms with Gasteiger partial charge in [0.1, 0.15) is 0 Å². The first-order valence-corrected chi connectivity index (χ1v) is 5.55. The predicted molar refractivity (Wildman–Crippen MR) is 47.3 cm³/mol. The third kappa shape index (κ3) is 6.53. The highest BCUT2D eigenvalue weighted by Gasteiger charge is 2.11. The average molecular weight is 196 g/mol. The second-order valence-corrected chi connectivity index (χ2v) is 4.40. The van der Waals surface area contributed by atoms with Gasteiger partial charge in [-0.3, -0.25) is 0 Å². The SMILES string of the molecule is COCC(CCN)NS(C)(=O)=O. The molecular formula is C6H16N2O3S. The molecule has 0 aromatic carbocycles. The second kappa shape index (κ2) is 5.47. The van der Waals surface area contributed by atoms with Gasteiger partial charge in [0.25, 0.3) is 0 Å². The molecule has 6 heteroatoms. The standard InChI is InChI=1S/C6H16N2O3S/c1-11-5-6(3-4-7)8-12(2,9)10/h6,8H,3-5,7H2,1-2H3. The molecule has 0 heterocycles. The Morgan fingerprint density at radius 2 is 2.17 bits per heavy atom. The average Bonchev–Trinajstić information content (AvgIpc) is 1.84.